The van der Waals surface area contributed by atoms with Crippen LogP contribution in [0.5, 0.6) is 0 Å². The first kappa shape index (κ1) is 19.1. The molecule has 1 amide bonds. The molecule has 7 nitrogen and oxygen atoms in total. The molecule has 1 aliphatic rings. The zero-order valence-electron chi connectivity index (χ0n) is 17.3. The van der Waals surface area contributed by atoms with E-state index in [1.165, 1.54) is 10.5 Å². The SMILES string of the molecule is Cc1nc(C)n([C@H](C)CC(=O)N2CCC[C@@H](c3nc(C)n4c(C)csc34)C2)n1. The maximum Gasteiger partial charge on any atom is 0.224 e. The summed E-state index contributed by atoms with van der Waals surface area (Å²) in [6.07, 6.45) is 2.56. The lowest BCUT2D eigenvalue weighted by atomic mass is 9.95. The molecule has 0 bridgehead atoms. The zero-order chi connectivity index (χ0) is 20.0. The summed E-state index contributed by atoms with van der Waals surface area (Å²) in [5, 5.41) is 6.62. The van der Waals surface area contributed by atoms with Gasteiger partial charge in [-0.2, -0.15) is 5.10 Å². The second-order valence-corrected chi connectivity index (χ2v) is 8.80. The molecule has 0 spiro atoms. The number of carbonyl (C=O) groups is 1. The van der Waals surface area contributed by atoms with Crippen LogP contribution in [0.4, 0.5) is 0 Å². The molecule has 28 heavy (non-hydrogen) atoms. The van der Waals surface area contributed by atoms with Crippen LogP contribution in [0.1, 0.15) is 67.0 Å². The number of thiazole rings is 1. The third kappa shape index (κ3) is 3.34. The fraction of sp³-hybridized carbons (Fsp3) is 0.600. The molecule has 1 saturated heterocycles. The first-order valence-electron chi connectivity index (χ1n) is 9.95. The van der Waals surface area contributed by atoms with Gasteiger partial charge in [-0.3, -0.25) is 9.20 Å². The van der Waals surface area contributed by atoms with Crippen molar-refractivity contribution >= 4 is 22.1 Å². The second-order valence-electron chi connectivity index (χ2n) is 7.94. The molecule has 0 unspecified atom stereocenters. The quantitative estimate of drug-likeness (QED) is 0.671. The minimum Gasteiger partial charge on any atom is -0.342 e. The van der Waals surface area contributed by atoms with Gasteiger partial charge in [0.2, 0.25) is 5.91 Å². The summed E-state index contributed by atoms with van der Waals surface area (Å²) in [6.45, 7) is 11.6. The Morgan fingerprint density at radius 3 is 2.75 bits per heavy atom. The van der Waals surface area contributed by atoms with Gasteiger partial charge in [0, 0.05) is 36.5 Å². The van der Waals surface area contributed by atoms with Crippen LogP contribution >= 0.6 is 11.3 Å². The average Bonchev–Trinajstić information content (AvgIpc) is 3.31. The van der Waals surface area contributed by atoms with E-state index in [0.29, 0.717) is 12.3 Å². The molecule has 3 aromatic heterocycles. The second kappa shape index (κ2) is 7.31. The Morgan fingerprint density at radius 1 is 1.25 bits per heavy atom. The summed E-state index contributed by atoms with van der Waals surface area (Å²) in [6, 6.07) is 0.00980. The topological polar surface area (TPSA) is 68.3 Å². The van der Waals surface area contributed by atoms with E-state index in [2.05, 4.69) is 33.7 Å². The van der Waals surface area contributed by atoms with Crippen molar-refractivity contribution < 1.29 is 4.79 Å². The van der Waals surface area contributed by atoms with E-state index >= 15 is 0 Å². The molecule has 0 radical (unpaired) electrons. The minimum absolute atomic E-state index is 0.00980. The highest BCUT2D eigenvalue weighted by atomic mass is 32.1. The number of amides is 1. The fourth-order valence-electron chi connectivity index (χ4n) is 4.37. The van der Waals surface area contributed by atoms with E-state index < -0.39 is 0 Å². The molecule has 4 rings (SSSR count). The summed E-state index contributed by atoms with van der Waals surface area (Å²) in [5.41, 5.74) is 2.39. The highest BCUT2D eigenvalue weighted by Gasteiger charge is 2.29. The molecular formula is C20H28N6OS. The fourth-order valence-corrected chi connectivity index (χ4v) is 5.47. The summed E-state index contributed by atoms with van der Waals surface area (Å²) in [7, 11) is 0. The van der Waals surface area contributed by atoms with Crippen LogP contribution in [0, 0.1) is 27.7 Å². The first-order chi connectivity index (χ1) is 13.3. The molecule has 3 aromatic rings. The van der Waals surface area contributed by atoms with Crippen LogP contribution in [0.2, 0.25) is 0 Å². The van der Waals surface area contributed by atoms with Crippen LogP contribution in [-0.4, -0.2) is 48.0 Å². The molecule has 1 fully saturated rings. The van der Waals surface area contributed by atoms with Gasteiger partial charge in [-0.15, -0.1) is 11.3 Å². The van der Waals surface area contributed by atoms with Crippen LogP contribution in [0.25, 0.3) is 4.83 Å². The lowest BCUT2D eigenvalue weighted by molar-refractivity contribution is -0.133. The molecular weight excluding hydrogens is 372 g/mol. The monoisotopic (exact) mass is 400 g/mol. The van der Waals surface area contributed by atoms with Crippen LogP contribution in [0.3, 0.4) is 0 Å². The summed E-state index contributed by atoms with van der Waals surface area (Å²) in [4.78, 5) is 25.5. The van der Waals surface area contributed by atoms with Gasteiger partial charge in [-0.25, -0.2) is 14.6 Å². The van der Waals surface area contributed by atoms with Gasteiger partial charge >= 0.3 is 0 Å². The van der Waals surface area contributed by atoms with Gasteiger partial charge in [0.15, 0.2) is 0 Å². The number of aryl methyl sites for hydroxylation is 4. The van der Waals surface area contributed by atoms with E-state index in [0.717, 1.165) is 49.1 Å². The van der Waals surface area contributed by atoms with E-state index in [4.69, 9.17) is 4.98 Å². The van der Waals surface area contributed by atoms with E-state index in [-0.39, 0.29) is 11.9 Å². The molecule has 1 aliphatic heterocycles. The molecule has 8 heteroatoms. The minimum atomic E-state index is 0.00980. The molecule has 4 heterocycles. The lowest BCUT2D eigenvalue weighted by Gasteiger charge is -2.33. The van der Waals surface area contributed by atoms with Gasteiger partial charge < -0.3 is 4.90 Å². The van der Waals surface area contributed by atoms with Gasteiger partial charge in [0.25, 0.3) is 0 Å². The summed E-state index contributed by atoms with van der Waals surface area (Å²) < 4.78 is 4.10. The van der Waals surface area contributed by atoms with E-state index in [1.54, 1.807) is 11.3 Å². The number of rotatable bonds is 4. The standard InChI is InChI=1S/C20H28N6OS/c1-12(26-16(5)21-14(3)23-26)9-18(27)24-8-6-7-17(10-24)19-20-25(15(4)22-19)13(2)11-28-20/h11-12,17H,6-10H2,1-5H3/t12-,17-/m1/s1. The molecule has 2 atom stereocenters. The van der Waals surface area contributed by atoms with Gasteiger partial charge in [-0.1, -0.05) is 0 Å². The number of fused-ring (bicyclic) bond motifs is 1. The Morgan fingerprint density at radius 2 is 2.04 bits per heavy atom. The normalized spacial score (nSPS) is 18.8. The number of nitrogens with zero attached hydrogens (tertiary/aromatic N) is 6. The van der Waals surface area contributed by atoms with E-state index in [1.807, 2.05) is 30.4 Å². The van der Waals surface area contributed by atoms with Crippen molar-refractivity contribution in [2.24, 2.45) is 0 Å². The maximum absolute atomic E-state index is 13.0. The van der Waals surface area contributed by atoms with Crippen molar-refractivity contribution in [3.63, 3.8) is 0 Å². The van der Waals surface area contributed by atoms with Crippen molar-refractivity contribution in [3.8, 4) is 0 Å². The Bertz CT molecular complexity index is 1020. The molecule has 150 valence electrons. The highest BCUT2D eigenvalue weighted by molar-refractivity contribution is 7.15. The number of likely N-dealkylation sites (tertiary alicyclic amines) is 1. The predicted molar refractivity (Wildman–Crippen MR) is 110 cm³/mol. The number of hydrogen-bond acceptors (Lipinski definition) is 5. The lowest BCUT2D eigenvalue weighted by Crippen LogP contribution is -2.40. The summed E-state index contributed by atoms with van der Waals surface area (Å²) >= 11 is 1.75. The van der Waals surface area contributed by atoms with Crippen molar-refractivity contribution in [1.82, 2.24) is 29.0 Å². The number of aromatic nitrogens is 5. The highest BCUT2D eigenvalue weighted by Crippen LogP contribution is 2.33. The smallest absolute Gasteiger partial charge is 0.224 e. The Hall–Kier alpha value is -2.22. The van der Waals surface area contributed by atoms with Gasteiger partial charge in [0.1, 0.15) is 22.3 Å². The Labute approximate surface area is 169 Å². The molecule has 0 N–H and O–H groups in total. The third-order valence-corrected chi connectivity index (χ3v) is 6.75. The van der Waals surface area contributed by atoms with Crippen LogP contribution in [0.15, 0.2) is 5.38 Å². The summed E-state index contributed by atoms with van der Waals surface area (Å²) in [5.74, 6) is 3.15. The van der Waals surface area contributed by atoms with Gasteiger partial charge in [-0.05, 0) is 47.5 Å². The maximum atomic E-state index is 13.0. The molecule has 0 aliphatic carbocycles. The largest absolute Gasteiger partial charge is 0.342 e. The van der Waals surface area contributed by atoms with Crippen molar-refractivity contribution in [3.05, 3.63) is 34.2 Å². The van der Waals surface area contributed by atoms with Crippen LogP contribution < -0.4 is 0 Å². The van der Waals surface area contributed by atoms with Gasteiger partial charge in [0.05, 0.1) is 11.7 Å². The molecule has 0 saturated carbocycles. The zero-order valence-corrected chi connectivity index (χ0v) is 18.1. The number of imidazole rings is 1. The van der Waals surface area contributed by atoms with Crippen molar-refractivity contribution in [2.75, 3.05) is 13.1 Å². The van der Waals surface area contributed by atoms with Crippen LogP contribution in [-0.2, 0) is 4.79 Å². The molecule has 0 aromatic carbocycles. The number of carbonyl (C=O) groups excluding carboxylic acids is 1. The predicted octanol–water partition coefficient (Wildman–Crippen LogP) is 3.58. The Kier molecular flexibility index (Phi) is 4.99. The number of piperidine rings is 1. The van der Waals surface area contributed by atoms with E-state index in [9.17, 15) is 4.79 Å². The Balaban J connectivity index is 1.48. The van der Waals surface area contributed by atoms with Crippen molar-refractivity contribution in [2.45, 2.75) is 65.8 Å². The van der Waals surface area contributed by atoms with Crippen molar-refractivity contribution in [1.29, 1.82) is 0 Å². The average molecular weight is 401 g/mol. The third-order valence-electron chi connectivity index (χ3n) is 5.68. The first-order valence-corrected chi connectivity index (χ1v) is 10.8. The number of hydrogen-bond donors (Lipinski definition) is 0.